The molecule has 0 spiro atoms. The number of nitrogens with one attached hydrogen (secondary N) is 1. The maximum atomic E-state index is 6.21. The van der Waals surface area contributed by atoms with Gasteiger partial charge in [0.2, 0.25) is 0 Å². The highest BCUT2D eigenvalue weighted by Gasteiger charge is 2.35. The van der Waals surface area contributed by atoms with Crippen molar-refractivity contribution in [1.29, 1.82) is 0 Å². The number of methoxy groups -OCH3 is 1. The lowest BCUT2D eigenvalue weighted by Crippen LogP contribution is -2.43. The number of halogens is 1. The van der Waals surface area contributed by atoms with Gasteiger partial charge in [-0.25, -0.2) is 0 Å². The molecule has 18 heavy (non-hydrogen) atoms. The van der Waals surface area contributed by atoms with Crippen molar-refractivity contribution in [2.24, 2.45) is 0 Å². The van der Waals surface area contributed by atoms with Gasteiger partial charge in [-0.1, -0.05) is 24.1 Å². The zero-order valence-electron chi connectivity index (χ0n) is 11.0. The third-order valence-corrected chi connectivity index (χ3v) is 5.52. The predicted octanol–water partition coefficient (Wildman–Crippen LogP) is 3.72. The molecule has 100 valence electrons. The summed E-state index contributed by atoms with van der Waals surface area (Å²) in [5.41, 5.74) is 1.05. The molecule has 1 aliphatic rings. The Morgan fingerprint density at radius 3 is 2.78 bits per heavy atom. The van der Waals surface area contributed by atoms with Crippen LogP contribution in [0.1, 0.15) is 24.8 Å². The van der Waals surface area contributed by atoms with E-state index in [4.69, 9.17) is 16.3 Å². The van der Waals surface area contributed by atoms with Crippen LogP contribution in [0.25, 0.3) is 0 Å². The van der Waals surface area contributed by atoms with Crippen molar-refractivity contribution in [3.05, 3.63) is 28.8 Å². The van der Waals surface area contributed by atoms with Gasteiger partial charge < -0.3 is 10.1 Å². The lowest BCUT2D eigenvalue weighted by Gasteiger charge is -2.40. The Hall–Kier alpha value is -0.380. The predicted molar refractivity (Wildman–Crippen MR) is 79.8 cm³/mol. The molecule has 0 bridgehead atoms. The summed E-state index contributed by atoms with van der Waals surface area (Å²) in [5.74, 6) is 0.863. The summed E-state index contributed by atoms with van der Waals surface area (Å²) in [7, 11) is 1.68. The van der Waals surface area contributed by atoms with E-state index in [0.29, 0.717) is 4.75 Å². The minimum Gasteiger partial charge on any atom is -0.496 e. The van der Waals surface area contributed by atoms with Gasteiger partial charge in [-0.3, -0.25) is 0 Å². The molecule has 0 radical (unpaired) electrons. The Bertz CT molecular complexity index is 401. The first-order valence-electron chi connectivity index (χ1n) is 6.28. The van der Waals surface area contributed by atoms with Crippen molar-refractivity contribution in [3.8, 4) is 5.75 Å². The lowest BCUT2D eigenvalue weighted by atomic mass is 9.84. The molecular formula is C14H20ClNOS. The molecule has 0 saturated heterocycles. The van der Waals surface area contributed by atoms with Crippen LogP contribution in [0.5, 0.6) is 5.75 Å². The normalized spacial score (nSPS) is 17.3. The molecular weight excluding hydrogens is 266 g/mol. The second kappa shape index (κ2) is 6.18. The van der Waals surface area contributed by atoms with E-state index >= 15 is 0 Å². The topological polar surface area (TPSA) is 21.3 Å². The van der Waals surface area contributed by atoms with Gasteiger partial charge in [0.05, 0.1) is 7.11 Å². The van der Waals surface area contributed by atoms with Crippen LogP contribution in [0.15, 0.2) is 18.2 Å². The standard InChI is InChI=1S/C14H20ClNOS/c1-17-13-6-3-5-12(15)11(13)9-16-10-14(18-2)7-4-8-14/h3,5-6,16H,4,7-10H2,1-2H3. The highest BCUT2D eigenvalue weighted by molar-refractivity contribution is 8.00. The number of thioether (sulfide) groups is 1. The minimum atomic E-state index is 0.453. The molecule has 0 amide bonds. The Labute approximate surface area is 118 Å². The fourth-order valence-electron chi connectivity index (χ4n) is 2.34. The van der Waals surface area contributed by atoms with Crippen LogP contribution in [0.2, 0.25) is 5.02 Å². The fourth-order valence-corrected chi connectivity index (χ4v) is 3.52. The van der Waals surface area contributed by atoms with E-state index in [2.05, 4.69) is 11.6 Å². The van der Waals surface area contributed by atoms with Crippen LogP contribution in [-0.2, 0) is 6.54 Å². The van der Waals surface area contributed by atoms with Crippen LogP contribution in [0.4, 0.5) is 0 Å². The van der Waals surface area contributed by atoms with Gasteiger partial charge in [-0.05, 0) is 31.2 Å². The van der Waals surface area contributed by atoms with Gasteiger partial charge in [0, 0.05) is 28.4 Å². The van der Waals surface area contributed by atoms with Crippen LogP contribution < -0.4 is 10.1 Å². The molecule has 1 fully saturated rings. The Kier molecular flexibility index (Phi) is 4.82. The third kappa shape index (κ3) is 2.95. The van der Waals surface area contributed by atoms with E-state index in [1.165, 1.54) is 19.3 Å². The van der Waals surface area contributed by atoms with Gasteiger partial charge in [-0.15, -0.1) is 0 Å². The first-order chi connectivity index (χ1) is 8.71. The molecule has 1 N–H and O–H groups in total. The molecule has 1 aromatic carbocycles. The maximum Gasteiger partial charge on any atom is 0.124 e. The van der Waals surface area contributed by atoms with Gasteiger partial charge in [0.1, 0.15) is 5.75 Å². The second-order valence-electron chi connectivity index (χ2n) is 4.76. The summed E-state index contributed by atoms with van der Waals surface area (Å²) < 4.78 is 5.80. The van der Waals surface area contributed by atoms with Crippen molar-refractivity contribution in [3.63, 3.8) is 0 Å². The zero-order chi connectivity index (χ0) is 13.0. The summed E-state index contributed by atoms with van der Waals surface area (Å²) >= 11 is 8.20. The Balaban J connectivity index is 1.94. The van der Waals surface area contributed by atoms with E-state index in [1.807, 2.05) is 30.0 Å². The molecule has 0 aromatic heterocycles. The average molecular weight is 286 g/mol. The largest absolute Gasteiger partial charge is 0.496 e. The molecule has 4 heteroatoms. The fraction of sp³-hybridized carbons (Fsp3) is 0.571. The molecule has 1 saturated carbocycles. The van der Waals surface area contributed by atoms with Crippen LogP contribution in [-0.4, -0.2) is 24.7 Å². The van der Waals surface area contributed by atoms with Crippen molar-refractivity contribution in [2.45, 2.75) is 30.6 Å². The highest BCUT2D eigenvalue weighted by atomic mass is 35.5. The molecule has 0 heterocycles. The monoisotopic (exact) mass is 285 g/mol. The summed E-state index contributed by atoms with van der Waals surface area (Å²) in [5, 5.41) is 4.30. The van der Waals surface area contributed by atoms with E-state index in [9.17, 15) is 0 Å². The van der Waals surface area contributed by atoms with E-state index < -0.39 is 0 Å². The smallest absolute Gasteiger partial charge is 0.124 e. The summed E-state index contributed by atoms with van der Waals surface area (Å²) in [6, 6.07) is 5.78. The van der Waals surface area contributed by atoms with Gasteiger partial charge in [0.25, 0.3) is 0 Å². The van der Waals surface area contributed by atoms with Crippen LogP contribution in [0, 0.1) is 0 Å². The molecule has 2 nitrogen and oxygen atoms in total. The van der Waals surface area contributed by atoms with Crippen molar-refractivity contribution in [1.82, 2.24) is 5.32 Å². The first-order valence-corrected chi connectivity index (χ1v) is 7.88. The Morgan fingerprint density at radius 1 is 1.44 bits per heavy atom. The number of hydrogen-bond acceptors (Lipinski definition) is 3. The van der Waals surface area contributed by atoms with Crippen molar-refractivity contribution >= 4 is 23.4 Å². The Morgan fingerprint density at radius 2 is 2.22 bits per heavy atom. The summed E-state index contributed by atoms with van der Waals surface area (Å²) in [6.07, 6.45) is 6.20. The minimum absolute atomic E-state index is 0.453. The van der Waals surface area contributed by atoms with Crippen molar-refractivity contribution < 1.29 is 4.74 Å². The number of ether oxygens (including phenoxy) is 1. The molecule has 0 atom stereocenters. The quantitative estimate of drug-likeness (QED) is 0.861. The average Bonchev–Trinajstić information content (AvgIpc) is 2.34. The summed E-state index contributed by atoms with van der Waals surface area (Å²) in [4.78, 5) is 0. The number of rotatable bonds is 6. The van der Waals surface area contributed by atoms with Crippen LogP contribution in [0.3, 0.4) is 0 Å². The van der Waals surface area contributed by atoms with Gasteiger partial charge in [0.15, 0.2) is 0 Å². The van der Waals surface area contributed by atoms with Crippen LogP contribution >= 0.6 is 23.4 Å². The maximum absolute atomic E-state index is 6.21. The van der Waals surface area contributed by atoms with E-state index in [1.54, 1.807) is 7.11 Å². The van der Waals surface area contributed by atoms with E-state index in [0.717, 1.165) is 29.4 Å². The molecule has 0 aliphatic heterocycles. The van der Waals surface area contributed by atoms with Gasteiger partial charge in [-0.2, -0.15) is 11.8 Å². The lowest BCUT2D eigenvalue weighted by molar-refractivity contribution is 0.343. The molecule has 1 aromatic rings. The first kappa shape index (κ1) is 14.0. The molecule has 2 rings (SSSR count). The SMILES string of the molecule is COc1cccc(Cl)c1CNCC1(SC)CCC1. The molecule has 0 unspecified atom stereocenters. The molecule has 1 aliphatic carbocycles. The zero-order valence-corrected chi connectivity index (χ0v) is 12.5. The van der Waals surface area contributed by atoms with Gasteiger partial charge >= 0.3 is 0 Å². The van der Waals surface area contributed by atoms with E-state index in [-0.39, 0.29) is 0 Å². The number of hydrogen-bond donors (Lipinski definition) is 1. The second-order valence-corrected chi connectivity index (χ2v) is 6.45. The number of benzene rings is 1. The summed E-state index contributed by atoms with van der Waals surface area (Å²) in [6.45, 7) is 1.81. The third-order valence-electron chi connectivity index (χ3n) is 3.74. The highest BCUT2D eigenvalue weighted by Crippen LogP contribution is 2.42. The van der Waals surface area contributed by atoms with Crippen molar-refractivity contribution in [2.75, 3.05) is 19.9 Å².